The molecular weight excluding hydrogens is 322 g/mol. The summed E-state index contributed by atoms with van der Waals surface area (Å²) in [6, 6.07) is 7.49. The minimum absolute atomic E-state index is 0.0109. The number of hydrogen-bond donors (Lipinski definition) is 2. The van der Waals surface area contributed by atoms with E-state index in [1.807, 2.05) is 0 Å². The molecule has 122 valence electrons. The molecule has 0 spiro atoms. The fourth-order valence-electron chi connectivity index (χ4n) is 1.79. The van der Waals surface area contributed by atoms with E-state index in [2.05, 4.69) is 0 Å². The molecule has 2 rings (SSSR count). The van der Waals surface area contributed by atoms with Crippen molar-refractivity contribution in [1.82, 2.24) is 0 Å². The predicted molar refractivity (Wildman–Crippen MR) is 78.4 cm³/mol. The molecule has 24 heavy (non-hydrogen) atoms. The molecule has 0 aliphatic carbocycles. The number of hydrogen-bond acceptors (Lipinski definition) is 6. The molecule has 0 amide bonds. The second-order valence-electron chi connectivity index (χ2n) is 4.55. The molecular formula is C15H9NO8. The maximum Gasteiger partial charge on any atom is 0.343 e. The third kappa shape index (κ3) is 3.71. The fourth-order valence-corrected chi connectivity index (χ4v) is 1.79. The predicted octanol–water partition coefficient (Wildman–Crippen LogP) is 2.21. The highest BCUT2D eigenvalue weighted by Crippen LogP contribution is 2.19. The van der Waals surface area contributed by atoms with Crippen molar-refractivity contribution in [2.45, 2.75) is 0 Å². The molecule has 0 fully saturated rings. The Labute approximate surface area is 133 Å². The number of benzene rings is 2. The molecule has 2 aromatic rings. The summed E-state index contributed by atoms with van der Waals surface area (Å²) in [6.45, 7) is 0. The number of nitro groups is 1. The van der Waals surface area contributed by atoms with E-state index in [9.17, 15) is 24.5 Å². The maximum atomic E-state index is 12.0. The van der Waals surface area contributed by atoms with Crippen LogP contribution in [0.1, 0.15) is 31.1 Å². The number of nitro benzene ring substituents is 1. The summed E-state index contributed by atoms with van der Waals surface area (Å²) in [4.78, 5) is 44.0. The second kappa shape index (κ2) is 6.57. The van der Waals surface area contributed by atoms with Gasteiger partial charge in [0.25, 0.3) is 5.69 Å². The highest BCUT2D eigenvalue weighted by atomic mass is 16.6. The van der Waals surface area contributed by atoms with Crippen molar-refractivity contribution in [3.63, 3.8) is 0 Å². The number of esters is 1. The van der Waals surface area contributed by atoms with Gasteiger partial charge in [-0.15, -0.1) is 0 Å². The van der Waals surface area contributed by atoms with Crippen LogP contribution in [0.4, 0.5) is 5.69 Å². The first-order chi connectivity index (χ1) is 11.3. The number of rotatable bonds is 5. The molecule has 9 heteroatoms. The second-order valence-corrected chi connectivity index (χ2v) is 4.55. The molecule has 0 saturated heterocycles. The van der Waals surface area contributed by atoms with Crippen LogP contribution in [0.5, 0.6) is 5.75 Å². The van der Waals surface area contributed by atoms with Gasteiger partial charge >= 0.3 is 17.9 Å². The number of nitrogens with zero attached hydrogens (tertiary/aromatic N) is 1. The smallest absolute Gasteiger partial charge is 0.343 e. The molecule has 2 N–H and O–H groups in total. The Kier molecular flexibility index (Phi) is 4.55. The summed E-state index contributed by atoms with van der Waals surface area (Å²) in [5.74, 6) is -3.80. The first-order valence-corrected chi connectivity index (χ1v) is 6.36. The average molecular weight is 331 g/mol. The lowest BCUT2D eigenvalue weighted by molar-refractivity contribution is -0.384. The molecule has 2 aromatic carbocycles. The van der Waals surface area contributed by atoms with Gasteiger partial charge in [-0.25, -0.2) is 14.4 Å². The van der Waals surface area contributed by atoms with Crippen LogP contribution in [0, 0.1) is 10.1 Å². The number of ether oxygens (including phenoxy) is 1. The summed E-state index contributed by atoms with van der Waals surface area (Å²) in [5, 5.41) is 28.5. The largest absolute Gasteiger partial charge is 0.478 e. The van der Waals surface area contributed by atoms with Crippen LogP contribution in [0.3, 0.4) is 0 Å². The maximum absolute atomic E-state index is 12.0. The fraction of sp³-hybridized carbons (Fsp3) is 0. The van der Waals surface area contributed by atoms with Crippen LogP contribution in [-0.4, -0.2) is 33.0 Å². The lowest BCUT2D eigenvalue weighted by atomic mass is 10.1. The van der Waals surface area contributed by atoms with E-state index in [1.165, 1.54) is 12.1 Å². The van der Waals surface area contributed by atoms with E-state index in [0.29, 0.717) is 0 Å². The van der Waals surface area contributed by atoms with Crippen molar-refractivity contribution in [2.75, 3.05) is 0 Å². The third-order valence-electron chi connectivity index (χ3n) is 2.92. The SMILES string of the molecule is O=C(O)c1cc(C(=O)O)cc(C(=O)Oc2ccc([N+](=O)[O-])cc2)c1. The van der Waals surface area contributed by atoms with Crippen molar-refractivity contribution in [2.24, 2.45) is 0 Å². The minimum Gasteiger partial charge on any atom is -0.478 e. The Bertz CT molecular complexity index is 809. The Hall–Kier alpha value is -3.75. The molecule has 0 saturated carbocycles. The first-order valence-electron chi connectivity index (χ1n) is 6.36. The number of carbonyl (C=O) groups excluding carboxylic acids is 1. The lowest BCUT2D eigenvalue weighted by Crippen LogP contribution is -2.12. The Morgan fingerprint density at radius 3 is 1.75 bits per heavy atom. The van der Waals surface area contributed by atoms with Gasteiger partial charge in [-0.05, 0) is 30.3 Å². The monoisotopic (exact) mass is 331 g/mol. The number of non-ortho nitro benzene ring substituents is 1. The van der Waals surface area contributed by atoms with E-state index in [1.54, 1.807) is 0 Å². The summed E-state index contributed by atoms with van der Waals surface area (Å²) in [6.07, 6.45) is 0. The zero-order chi connectivity index (χ0) is 17.9. The van der Waals surface area contributed by atoms with Crippen LogP contribution in [0.15, 0.2) is 42.5 Å². The van der Waals surface area contributed by atoms with Gasteiger partial charge in [0, 0.05) is 12.1 Å². The van der Waals surface area contributed by atoms with Gasteiger partial charge in [0.15, 0.2) is 0 Å². The van der Waals surface area contributed by atoms with Gasteiger partial charge < -0.3 is 14.9 Å². The van der Waals surface area contributed by atoms with Crippen molar-refractivity contribution in [1.29, 1.82) is 0 Å². The minimum atomic E-state index is -1.40. The molecule has 9 nitrogen and oxygen atoms in total. The third-order valence-corrected chi connectivity index (χ3v) is 2.92. The topological polar surface area (TPSA) is 144 Å². The molecule has 0 bridgehead atoms. The molecule has 0 aliphatic heterocycles. The average Bonchev–Trinajstić information content (AvgIpc) is 2.54. The van der Waals surface area contributed by atoms with Crippen LogP contribution in [0.2, 0.25) is 0 Å². The van der Waals surface area contributed by atoms with Crippen molar-refractivity contribution in [3.05, 3.63) is 69.3 Å². The lowest BCUT2D eigenvalue weighted by Gasteiger charge is -2.06. The quantitative estimate of drug-likeness (QED) is 0.367. The van der Waals surface area contributed by atoms with Crippen LogP contribution >= 0.6 is 0 Å². The van der Waals surface area contributed by atoms with Crippen LogP contribution < -0.4 is 4.74 Å². The number of carboxylic acid groups (broad SMARTS) is 2. The Morgan fingerprint density at radius 2 is 1.33 bits per heavy atom. The van der Waals surface area contributed by atoms with Gasteiger partial charge in [-0.1, -0.05) is 0 Å². The standard InChI is InChI=1S/C15H9NO8/c17-13(18)8-5-9(14(19)20)7-10(6-8)15(21)24-12-3-1-11(2-4-12)16(22)23/h1-7H,(H,17,18)(H,19,20). The van der Waals surface area contributed by atoms with E-state index < -0.39 is 22.8 Å². The van der Waals surface area contributed by atoms with Gasteiger partial charge in [0.1, 0.15) is 5.75 Å². The molecule has 0 unspecified atom stereocenters. The molecule has 0 atom stereocenters. The first kappa shape index (κ1) is 16.6. The van der Waals surface area contributed by atoms with Crippen LogP contribution in [-0.2, 0) is 0 Å². The molecule has 0 radical (unpaired) electrons. The number of carboxylic acids is 2. The van der Waals surface area contributed by atoms with E-state index >= 15 is 0 Å². The summed E-state index contributed by atoms with van der Waals surface area (Å²) in [7, 11) is 0. The normalized spacial score (nSPS) is 10.0. The van der Waals surface area contributed by atoms with E-state index in [0.717, 1.165) is 30.3 Å². The zero-order valence-electron chi connectivity index (χ0n) is 11.8. The van der Waals surface area contributed by atoms with Crippen molar-refractivity contribution < 1.29 is 34.3 Å². The van der Waals surface area contributed by atoms with Gasteiger partial charge in [0.2, 0.25) is 0 Å². The van der Waals surface area contributed by atoms with Gasteiger partial charge in [-0.3, -0.25) is 10.1 Å². The Balaban J connectivity index is 2.30. The highest BCUT2D eigenvalue weighted by Gasteiger charge is 2.17. The summed E-state index contributed by atoms with van der Waals surface area (Å²) < 4.78 is 4.96. The molecule has 0 aromatic heterocycles. The number of carbonyl (C=O) groups is 3. The Morgan fingerprint density at radius 1 is 0.875 bits per heavy atom. The van der Waals surface area contributed by atoms with Crippen molar-refractivity contribution >= 4 is 23.6 Å². The van der Waals surface area contributed by atoms with Gasteiger partial charge in [0.05, 0.1) is 21.6 Å². The molecule has 0 aliphatic rings. The van der Waals surface area contributed by atoms with Gasteiger partial charge in [-0.2, -0.15) is 0 Å². The van der Waals surface area contributed by atoms with Crippen LogP contribution in [0.25, 0.3) is 0 Å². The number of aromatic carboxylic acids is 2. The molecule has 0 heterocycles. The zero-order valence-corrected chi connectivity index (χ0v) is 11.8. The van der Waals surface area contributed by atoms with E-state index in [-0.39, 0.29) is 28.1 Å². The highest BCUT2D eigenvalue weighted by molar-refractivity contribution is 6.00. The summed E-state index contributed by atoms with van der Waals surface area (Å²) >= 11 is 0. The van der Waals surface area contributed by atoms with Crippen molar-refractivity contribution in [3.8, 4) is 5.75 Å². The summed E-state index contributed by atoms with van der Waals surface area (Å²) in [5.41, 5.74) is -1.24. The van der Waals surface area contributed by atoms with E-state index in [4.69, 9.17) is 14.9 Å².